The molecule has 1 aliphatic rings. The average Bonchev–Trinajstić information content (AvgIpc) is 2.66. The van der Waals surface area contributed by atoms with Crippen molar-refractivity contribution in [3.63, 3.8) is 0 Å². The second kappa shape index (κ2) is 7.24. The van der Waals surface area contributed by atoms with Crippen LogP contribution in [0.4, 0.5) is 38.0 Å². The molecule has 1 atom stereocenters. The molecule has 3 heterocycles. The van der Waals surface area contributed by atoms with Crippen molar-refractivity contribution < 1.29 is 35.9 Å². The van der Waals surface area contributed by atoms with Gasteiger partial charge in [0.1, 0.15) is 17.3 Å². The Hall–Kier alpha value is -3.65. The highest BCUT2D eigenvalue weighted by Gasteiger charge is 2.57. The van der Waals surface area contributed by atoms with Gasteiger partial charge in [-0.05, 0) is 19.1 Å². The van der Waals surface area contributed by atoms with Crippen LogP contribution in [0.3, 0.4) is 0 Å². The molecule has 0 saturated heterocycles. The summed E-state index contributed by atoms with van der Waals surface area (Å²) in [6, 6.07) is 1.05. The topological polar surface area (TPSA) is 141 Å². The number of ether oxygens (including phenoxy) is 1. The van der Waals surface area contributed by atoms with Crippen molar-refractivity contribution in [2.45, 2.75) is 24.6 Å². The number of pyridine rings is 1. The van der Waals surface area contributed by atoms with Gasteiger partial charge < -0.3 is 21.5 Å². The van der Waals surface area contributed by atoms with Gasteiger partial charge in [0.05, 0.1) is 6.20 Å². The van der Waals surface area contributed by atoms with Gasteiger partial charge in [-0.1, -0.05) is 0 Å². The lowest BCUT2D eigenvalue weighted by atomic mass is 9.89. The van der Waals surface area contributed by atoms with Crippen molar-refractivity contribution in [1.82, 2.24) is 15.0 Å². The first-order valence-corrected chi connectivity index (χ1v) is 8.28. The minimum Gasteiger partial charge on any atom is -0.459 e. The molecule has 0 radical (unpaired) electrons. The predicted molar refractivity (Wildman–Crippen MR) is 93.5 cm³/mol. The van der Waals surface area contributed by atoms with Crippen LogP contribution in [0, 0.1) is 5.82 Å². The van der Waals surface area contributed by atoms with E-state index in [0.717, 1.165) is 19.1 Å². The maximum absolute atomic E-state index is 14.4. The molecule has 2 aromatic heterocycles. The second-order valence-corrected chi connectivity index (χ2v) is 6.48. The fraction of sp³-hybridized carbons (Fsp3) is 0.312. The number of hydrogen-bond acceptors (Lipinski definition) is 8. The molecule has 1 unspecified atom stereocenters. The number of nitrogens with zero attached hydrogens (tertiary/aromatic N) is 4. The van der Waals surface area contributed by atoms with Crippen molar-refractivity contribution in [2.75, 3.05) is 17.7 Å². The number of amides is 1. The summed E-state index contributed by atoms with van der Waals surface area (Å²) < 4.78 is 85.6. The number of alkyl halides is 5. The smallest absolute Gasteiger partial charge is 0.434 e. The van der Waals surface area contributed by atoms with E-state index in [-0.39, 0.29) is 6.20 Å². The van der Waals surface area contributed by atoms with Crippen LogP contribution >= 0.6 is 0 Å². The number of aromatic nitrogens is 3. The molecule has 9 nitrogen and oxygen atoms in total. The van der Waals surface area contributed by atoms with Crippen LogP contribution in [0.15, 0.2) is 23.3 Å². The monoisotopic (exact) mass is 449 g/mol. The molecular weight excluding hydrogens is 436 g/mol. The Balaban J connectivity index is 1.94. The van der Waals surface area contributed by atoms with Crippen molar-refractivity contribution >= 4 is 23.6 Å². The Morgan fingerprint density at radius 2 is 1.90 bits per heavy atom. The minimum absolute atomic E-state index is 0.288. The first kappa shape index (κ1) is 22.0. The number of anilines is 2. The highest BCUT2D eigenvalue weighted by molar-refractivity contribution is 6.05. The first-order valence-electron chi connectivity index (χ1n) is 8.28. The van der Waals surface area contributed by atoms with Gasteiger partial charge >= 0.3 is 12.1 Å². The molecule has 0 aromatic carbocycles. The summed E-state index contributed by atoms with van der Waals surface area (Å²) in [5, 5.41) is 2.08. The number of nitrogen functional groups attached to an aromatic ring is 1. The predicted octanol–water partition coefficient (Wildman–Crippen LogP) is 2.06. The van der Waals surface area contributed by atoms with E-state index in [1.807, 2.05) is 0 Å². The van der Waals surface area contributed by atoms with E-state index in [4.69, 9.17) is 11.5 Å². The van der Waals surface area contributed by atoms with Crippen LogP contribution in [-0.2, 0) is 16.5 Å². The fourth-order valence-corrected chi connectivity index (χ4v) is 2.61. The van der Waals surface area contributed by atoms with Gasteiger partial charge in [-0.15, -0.1) is 0 Å². The largest absolute Gasteiger partial charge is 0.459 e. The lowest BCUT2D eigenvalue weighted by Gasteiger charge is -2.36. The van der Waals surface area contributed by atoms with Gasteiger partial charge in [0.2, 0.25) is 0 Å². The molecule has 0 spiro atoms. The Morgan fingerprint density at radius 1 is 1.23 bits per heavy atom. The van der Waals surface area contributed by atoms with Crippen LogP contribution < -0.4 is 16.8 Å². The normalized spacial score (nSPS) is 20.5. The summed E-state index contributed by atoms with van der Waals surface area (Å²) in [5.74, 6) is -7.31. The summed E-state index contributed by atoms with van der Waals surface area (Å²) in [4.78, 5) is 25.8. The number of carbonyl (C=O) groups is 1. The molecule has 15 heteroatoms. The van der Waals surface area contributed by atoms with Gasteiger partial charge in [0, 0.05) is 0 Å². The summed E-state index contributed by atoms with van der Waals surface area (Å²) >= 11 is 0. The summed E-state index contributed by atoms with van der Waals surface area (Å²) in [6.45, 7) is -0.313. The first-order chi connectivity index (χ1) is 14.2. The molecule has 3 rings (SSSR count). The van der Waals surface area contributed by atoms with Gasteiger partial charge in [0.15, 0.2) is 29.4 Å². The van der Waals surface area contributed by atoms with E-state index in [0.29, 0.717) is 0 Å². The molecule has 5 N–H and O–H groups in total. The van der Waals surface area contributed by atoms with Crippen LogP contribution in [0.1, 0.15) is 28.8 Å². The average molecular weight is 449 g/mol. The zero-order chi connectivity index (χ0) is 23.2. The summed E-state index contributed by atoms with van der Waals surface area (Å²) in [6.07, 6.45) is -4.55. The Morgan fingerprint density at radius 3 is 2.52 bits per heavy atom. The second-order valence-electron chi connectivity index (χ2n) is 6.48. The van der Waals surface area contributed by atoms with Crippen molar-refractivity contribution in [3.8, 4) is 0 Å². The van der Waals surface area contributed by atoms with E-state index in [1.54, 1.807) is 0 Å². The Kier molecular flexibility index (Phi) is 5.15. The Bertz CT molecular complexity index is 1070. The Labute approximate surface area is 169 Å². The molecule has 1 aliphatic heterocycles. The molecule has 2 aromatic rings. The third-order valence-electron chi connectivity index (χ3n) is 4.30. The molecule has 0 aliphatic carbocycles. The highest BCUT2D eigenvalue weighted by atomic mass is 19.4. The third kappa shape index (κ3) is 4.02. The molecule has 0 saturated carbocycles. The number of nitrogens with two attached hydrogens (primary N) is 2. The van der Waals surface area contributed by atoms with Crippen LogP contribution in [0.5, 0.6) is 0 Å². The van der Waals surface area contributed by atoms with Crippen molar-refractivity contribution in [1.29, 1.82) is 0 Å². The zero-order valence-electron chi connectivity index (χ0n) is 15.5. The number of hydrogen-bond donors (Lipinski definition) is 3. The van der Waals surface area contributed by atoms with Crippen LogP contribution in [0.25, 0.3) is 0 Å². The van der Waals surface area contributed by atoms with Crippen molar-refractivity contribution in [2.24, 2.45) is 10.7 Å². The summed E-state index contributed by atoms with van der Waals surface area (Å²) in [5.41, 5.74) is 5.17. The fourth-order valence-electron chi connectivity index (χ4n) is 2.61. The molecular formula is C16H13F6N7O2. The molecule has 1 amide bonds. The van der Waals surface area contributed by atoms with Crippen LogP contribution in [-0.4, -0.2) is 39.4 Å². The lowest BCUT2D eigenvalue weighted by Crippen LogP contribution is -2.51. The molecule has 0 bridgehead atoms. The maximum atomic E-state index is 14.4. The summed E-state index contributed by atoms with van der Waals surface area (Å²) in [7, 11) is 0. The zero-order valence-corrected chi connectivity index (χ0v) is 15.5. The van der Waals surface area contributed by atoms with Gasteiger partial charge in [-0.3, -0.25) is 4.79 Å². The SMILES string of the molecule is CC1(c2nc(NC(=O)c3ncc(C(F)(F)F)nc3N)ccc2F)N=C(N)OCC1(F)F. The number of halogens is 6. The molecule has 166 valence electrons. The molecule has 31 heavy (non-hydrogen) atoms. The van der Waals surface area contributed by atoms with E-state index < -0.39 is 70.7 Å². The lowest BCUT2D eigenvalue weighted by molar-refractivity contribution is -0.141. The van der Waals surface area contributed by atoms with Gasteiger partial charge in [-0.2, -0.15) is 22.0 Å². The van der Waals surface area contributed by atoms with Gasteiger partial charge in [-0.25, -0.2) is 24.3 Å². The van der Waals surface area contributed by atoms with E-state index >= 15 is 0 Å². The number of aliphatic imine (C=N–C) groups is 1. The quantitative estimate of drug-likeness (QED) is 0.609. The number of amidine groups is 1. The number of rotatable bonds is 3. The number of carbonyl (C=O) groups excluding carboxylic acids is 1. The third-order valence-corrected chi connectivity index (χ3v) is 4.30. The maximum Gasteiger partial charge on any atom is 0.434 e. The number of nitrogens with one attached hydrogen (secondary N) is 1. The molecule has 0 fully saturated rings. The van der Waals surface area contributed by atoms with E-state index in [1.165, 1.54) is 0 Å². The highest BCUT2D eigenvalue weighted by Crippen LogP contribution is 2.43. The van der Waals surface area contributed by atoms with E-state index in [2.05, 4.69) is 30.0 Å². The van der Waals surface area contributed by atoms with Gasteiger partial charge in [0.25, 0.3) is 11.9 Å². The van der Waals surface area contributed by atoms with Crippen molar-refractivity contribution in [3.05, 3.63) is 41.2 Å². The van der Waals surface area contributed by atoms with E-state index in [9.17, 15) is 31.1 Å². The standard InChI is InChI=1S/C16H13F6N7O2/c1-14(15(18,19)5-31-13(24)29-14)10-6(17)2-3-8(27-10)28-12(30)9-11(23)26-7(4-25-9)16(20,21)22/h2-4H,5H2,1H3,(H2,23,26)(H2,24,29)(H,27,28,30). The minimum atomic E-state index is -4.84. The van der Waals surface area contributed by atoms with Crippen LogP contribution in [0.2, 0.25) is 0 Å².